The number of aromatic amines is 1. The van der Waals surface area contributed by atoms with Crippen LogP contribution < -0.4 is 5.56 Å². The predicted molar refractivity (Wildman–Crippen MR) is 76.6 cm³/mol. The van der Waals surface area contributed by atoms with Crippen molar-refractivity contribution in [2.24, 2.45) is 0 Å². The first-order chi connectivity index (χ1) is 9.97. The standard InChI is InChI=1S/C14H12ClNO5/c1-20-11(17)6-9-8-4-3-7(15)5-10(8)16-13(18)12(9)14(19)21-2/h3-5H,6H2,1-2H3,(H,16,18). The molecule has 0 aliphatic rings. The number of benzene rings is 1. The number of fused-ring (bicyclic) bond motifs is 1. The normalized spacial score (nSPS) is 10.4. The van der Waals surface area contributed by atoms with Gasteiger partial charge in [0.1, 0.15) is 5.56 Å². The highest BCUT2D eigenvalue weighted by Crippen LogP contribution is 2.23. The third-order valence-corrected chi connectivity index (χ3v) is 3.26. The number of H-pyrrole nitrogens is 1. The zero-order valence-electron chi connectivity index (χ0n) is 11.4. The van der Waals surface area contributed by atoms with Crippen molar-refractivity contribution < 1.29 is 19.1 Å². The molecule has 1 heterocycles. The number of rotatable bonds is 3. The number of halogens is 1. The van der Waals surface area contributed by atoms with Gasteiger partial charge in [-0.05, 0) is 17.7 Å². The van der Waals surface area contributed by atoms with E-state index in [2.05, 4.69) is 14.5 Å². The lowest BCUT2D eigenvalue weighted by Crippen LogP contribution is -2.23. The summed E-state index contributed by atoms with van der Waals surface area (Å²) < 4.78 is 9.21. The van der Waals surface area contributed by atoms with E-state index in [1.54, 1.807) is 18.2 Å². The van der Waals surface area contributed by atoms with Crippen molar-refractivity contribution in [3.05, 3.63) is 44.7 Å². The Bertz CT molecular complexity index is 781. The molecule has 7 heteroatoms. The third kappa shape index (κ3) is 2.90. The van der Waals surface area contributed by atoms with Gasteiger partial charge in [0.15, 0.2) is 0 Å². The van der Waals surface area contributed by atoms with Gasteiger partial charge in [-0.3, -0.25) is 9.59 Å². The molecule has 0 saturated carbocycles. The Morgan fingerprint density at radius 3 is 2.57 bits per heavy atom. The van der Waals surface area contributed by atoms with E-state index >= 15 is 0 Å². The van der Waals surface area contributed by atoms with Crippen LogP contribution in [0.1, 0.15) is 15.9 Å². The smallest absolute Gasteiger partial charge is 0.343 e. The second-order valence-electron chi connectivity index (χ2n) is 4.24. The summed E-state index contributed by atoms with van der Waals surface area (Å²) in [7, 11) is 2.39. The maximum Gasteiger partial charge on any atom is 0.343 e. The molecule has 6 nitrogen and oxygen atoms in total. The Labute approximate surface area is 124 Å². The van der Waals surface area contributed by atoms with Crippen LogP contribution in [0.4, 0.5) is 0 Å². The molecule has 0 amide bonds. The molecule has 0 saturated heterocycles. The predicted octanol–water partition coefficient (Wildman–Crippen LogP) is 1.68. The molecule has 0 atom stereocenters. The van der Waals surface area contributed by atoms with Crippen LogP contribution in [0.25, 0.3) is 10.9 Å². The van der Waals surface area contributed by atoms with E-state index in [1.807, 2.05) is 0 Å². The summed E-state index contributed by atoms with van der Waals surface area (Å²) in [5.74, 6) is -1.38. The Morgan fingerprint density at radius 1 is 1.24 bits per heavy atom. The molecule has 0 fully saturated rings. The second-order valence-corrected chi connectivity index (χ2v) is 4.68. The van der Waals surface area contributed by atoms with Crippen LogP contribution >= 0.6 is 11.6 Å². The lowest BCUT2D eigenvalue weighted by atomic mass is 10.0. The average Bonchev–Trinajstić information content (AvgIpc) is 2.45. The van der Waals surface area contributed by atoms with E-state index in [1.165, 1.54) is 7.11 Å². The van der Waals surface area contributed by atoms with Crippen molar-refractivity contribution in [2.75, 3.05) is 14.2 Å². The number of nitrogens with one attached hydrogen (secondary N) is 1. The van der Waals surface area contributed by atoms with Gasteiger partial charge < -0.3 is 14.5 Å². The summed E-state index contributed by atoms with van der Waals surface area (Å²) >= 11 is 5.88. The van der Waals surface area contributed by atoms with Crippen LogP contribution in [-0.2, 0) is 20.7 Å². The van der Waals surface area contributed by atoms with Crippen LogP contribution in [0.15, 0.2) is 23.0 Å². The van der Waals surface area contributed by atoms with E-state index in [4.69, 9.17) is 11.6 Å². The first-order valence-corrected chi connectivity index (χ1v) is 6.35. The van der Waals surface area contributed by atoms with Gasteiger partial charge in [-0.2, -0.15) is 0 Å². The number of carbonyl (C=O) groups is 2. The topological polar surface area (TPSA) is 85.5 Å². The number of carbonyl (C=O) groups excluding carboxylic acids is 2. The molecule has 2 aromatic rings. The van der Waals surface area contributed by atoms with Gasteiger partial charge in [-0.15, -0.1) is 0 Å². The van der Waals surface area contributed by atoms with E-state index in [9.17, 15) is 14.4 Å². The van der Waals surface area contributed by atoms with Gasteiger partial charge in [0.25, 0.3) is 5.56 Å². The summed E-state index contributed by atoms with van der Waals surface area (Å²) in [4.78, 5) is 38.0. The molecular formula is C14H12ClNO5. The molecule has 110 valence electrons. The maximum atomic E-state index is 12.1. The summed E-state index contributed by atoms with van der Waals surface area (Å²) in [6.45, 7) is 0. The summed E-state index contributed by atoms with van der Waals surface area (Å²) in [6.07, 6.45) is -0.219. The van der Waals surface area contributed by atoms with Crippen LogP contribution in [0, 0.1) is 0 Å². The van der Waals surface area contributed by atoms with Crippen LogP contribution in [0.2, 0.25) is 5.02 Å². The third-order valence-electron chi connectivity index (χ3n) is 3.02. The van der Waals surface area contributed by atoms with E-state index in [0.29, 0.717) is 15.9 Å². The maximum absolute atomic E-state index is 12.1. The fourth-order valence-electron chi connectivity index (χ4n) is 2.06. The van der Waals surface area contributed by atoms with Crippen molar-refractivity contribution in [3.63, 3.8) is 0 Å². The molecule has 0 unspecified atom stereocenters. The van der Waals surface area contributed by atoms with E-state index in [-0.39, 0.29) is 17.5 Å². The minimum atomic E-state index is -0.813. The van der Waals surface area contributed by atoms with Crippen molar-refractivity contribution in [1.82, 2.24) is 4.98 Å². The summed E-state index contributed by atoms with van der Waals surface area (Å²) in [5.41, 5.74) is -0.170. The molecule has 1 aromatic carbocycles. The quantitative estimate of drug-likeness (QED) is 0.872. The van der Waals surface area contributed by atoms with Gasteiger partial charge in [0.2, 0.25) is 0 Å². The number of hydrogen-bond donors (Lipinski definition) is 1. The number of methoxy groups -OCH3 is 2. The molecule has 21 heavy (non-hydrogen) atoms. The van der Waals surface area contributed by atoms with Crippen LogP contribution in [0.5, 0.6) is 0 Å². The fraction of sp³-hybridized carbons (Fsp3) is 0.214. The van der Waals surface area contributed by atoms with Gasteiger partial charge in [-0.25, -0.2) is 4.79 Å². The first kappa shape index (κ1) is 15.1. The van der Waals surface area contributed by atoms with Gasteiger partial charge >= 0.3 is 11.9 Å². The number of aromatic nitrogens is 1. The number of ether oxygens (including phenoxy) is 2. The van der Waals surface area contributed by atoms with E-state index in [0.717, 1.165) is 7.11 Å². The van der Waals surface area contributed by atoms with Gasteiger partial charge in [-0.1, -0.05) is 17.7 Å². The monoisotopic (exact) mass is 309 g/mol. The van der Waals surface area contributed by atoms with Crippen molar-refractivity contribution in [2.45, 2.75) is 6.42 Å². The van der Waals surface area contributed by atoms with Crippen LogP contribution in [0.3, 0.4) is 0 Å². The highest BCUT2D eigenvalue weighted by atomic mass is 35.5. The number of pyridine rings is 1. The van der Waals surface area contributed by atoms with Crippen molar-refractivity contribution in [1.29, 1.82) is 0 Å². The second kappa shape index (κ2) is 5.97. The first-order valence-electron chi connectivity index (χ1n) is 5.97. The molecule has 0 spiro atoms. The largest absolute Gasteiger partial charge is 0.469 e. The van der Waals surface area contributed by atoms with Crippen LogP contribution in [-0.4, -0.2) is 31.1 Å². The molecule has 0 aliphatic carbocycles. The fourth-order valence-corrected chi connectivity index (χ4v) is 2.23. The summed E-state index contributed by atoms with van der Waals surface area (Å²) in [5, 5.41) is 0.956. The summed E-state index contributed by atoms with van der Waals surface area (Å²) in [6, 6.07) is 4.77. The highest BCUT2D eigenvalue weighted by molar-refractivity contribution is 6.31. The molecule has 0 radical (unpaired) electrons. The Kier molecular flexibility index (Phi) is 4.28. The highest BCUT2D eigenvalue weighted by Gasteiger charge is 2.22. The molecule has 1 aromatic heterocycles. The van der Waals surface area contributed by atoms with E-state index < -0.39 is 17.5 Å². The molecule has 0 bridgehead atoms. The van der Waals surface area contributed by atoms with Crippen molar-refractivity contribution >= 4 is 34.4 Å². The lowest BCUT2D eigenvalue weighted by molar-refractivity contribution is -0.139. The zero-order chi connectivity index (χ0) is 15.6. The molecular weight excluding hydrogens is 298 g/mol. The minimum absolute atomic E-state index is 0.210. The average molecular weight is 310 g/mol. The number of hydrogen-bond acceptors (Lipinski definition) is 5. The zero-order valence-corrected chi connectivity index (χ0v) is 12.1. The molecule has 2 rings (SSSR count). The Hall–Kier alpha value is -2.34. The van der Waals surface area contributed by atoms with Gasteiger partial charge in [0.05, 0.1) is 26.2 Å². The van der Waals surface area contributed by atoms with Crippen molar-refractivity contribution in [3.8, 4) is 0 Å². The Morgan fingerprint density at radius 2 is 1.95 bits per heavy atom. The molecule has 0 aliphatic heterocycles. The lowest BCUT2D eigenvalue weighted by Gasteiger charge is -2.10. The Balaban J connectivity index is 2.81. The number of esters is 2. The SMILES string of the molecule is COC(=O)Cc1c(C(=O)OC)c(=O)[nH]c2cc(Cl)ccc12. The minimum Gasteiger partial charge on any atom is -0.469 e. The molecule has 1 N–H and O–H groups in total. The van der Waals surface area contributed by atoms with Gasteiger partial charge in [0, 0.05) is 10.4 Å².